The predicted octanol–water partition coefficient (Wildman–Crippen LogP) is 2.78. The van der Waals surface area contributed by atoms with Crippen molar-refractivity contribution in [3.8, 4) is 5.75 Å². The van der Waals surface area contributed by atoms with E-state index >= 15 is 0 Å². The highest BCUT2D eigenvalue weighted by Gasteiger charge is 2.35. The van der Waals surface area contributed by atoms with Crippen molar-refractivity contribution in [2.24, 2.45) is 5.73 Å². The maximum Gasteiger partial charge on any atom is 0.120 e. The van der Waals surface area contributed by atoms with Crippen molar-refractivity contribution in [1.29, 1.82) is 0 Å². The second-order valence-electron chi connectivity index (χ2n) is 5.58. The van der Waals surface area contributed by atoms with E-state index in [1.165, 1.54) is 0 Å². The lowest BCUT2D eigenvalue weighted by Crippen LogP contribution is -2.52. The predicted molar refractivity (Wildman–Crippen MR) is 82.3 cm³/mol. The maximum atomic E-state index is 6.07. The van der Waals surface area contributed by atoms with Gasteiger partial charge in [0.25, 0.3) is 0 Å². The molecule has 1 aromatic rings. The highest BCUT2D eigenvalue weighted by atomic mass is 16.5. The third-order valence-electron chi connectivity index (χ3n) is 4.03. The van der Waals surface area contributed by atoms with E-state index in [1.807, 2.05) is 18.2 Å². The van der Waals surface area contributed by atoms with Crippen LogP contribution in [-0.2, 0) is 4.74 Å². The van der Waals surface area contributed by atoms with E-state index in [-0.39, 0.29) is 5.54 Å². The Morgan fingerprint density at radius 1 is 1.50 bits per heavy atom. The first-order valence-corrected chi connectivity index (χ1v) is 7.45. The molecule has 20 heavy (non-hydrogen) atoms. The standard InChI is InChI=1S/C16H26N2O2/c1-3-5-15-11-16(12-17,8-9-20-15)18-13-6-4-7-14(10-13)19-2/h4,6-7,10,15,18H,3,5,8-9,11-12,17H2,1-2H3. The van der Waals surface area contributed by atoms with E-state index in [0.717, 1.165) is 43.7 Å². The zero-order valence-electron chi connectivity index (χ0n) is 12.5. The first-order chi connectivity index (χ1) is 9.71. The minimum atomic E-state index is -0.0650. The number of nitrogens with one attached hydrogen (secondary N) is 1. The van der Waals surface area contributed by atoms with Crippen LogP contribution in [0.25, 0.3) is 0 Å². The smallest absolute Gasteiger partial charge is 0.120 e. The normalized spacial score (nSPS) is 26.2. The fraction of sp³-hybridized carbons (Fsp3) is 0.625. The summed E-state index contributed by atoms with van der Waals surface area (Å²) in [4.78, 5) is 0. The molecule has 0 spiro atoms. The SMILES string of the molecule is CCCC1CC(CN)(Nc2cccc(OC)c2)CCO1. The van der Waals surface area contributed by atoms with Gasteiger partial charge in [-0.1, -0.05) is 19.4 Å². The number of hydrogen-bond acceptors (Lipinski definition) is 4. The van der Waals surface area contributed by atoms with Gasteiger partial charge in [0.1, 0.15) is 5.75 Å². The molecule has 4 heteroatoms. The van der Waals surface area contributed by atoms with Crippen molar-refractivity contribution in [1.82, 2.24) is 0 Å². The van der Waals surface area contributed by atoms with Crippen LogP contribution in [0.5, 0.6) is 5.75 Å². The van der Waals surface area contributed by atoms with E-state index in [9.17, 15) is 0 Å². The molecule has 112 valence electrons. The molecule has 1 heterocycles. The van der Waals surface area contributed by atoms with Crippen molar-refractivity contribution in [3.63, 3.8) is 0 Å². The average molecular weight is 278 g/mol. The molecule has 0 bridgehead atoms. The molecule has 1 aliphatic rings. The molecule has 0 amide bonds. The first-order valence-electron chi connectivity index (χ1n) is 7.45. The van der Waals surface area contributed by atoms with Gasteiger partial charge in [0.2, 0.25) is 0 Å². The molecule has 2 rings (SSSR count). The first kappa shape index (κ1) is 15.1. The zero-order chi connectivity index (χ0) is 14.4. The lowest BCUT2D eigenvalue weighted by molar-refractivity contribution is -0.0155. The molecule has 0 radical (unpaired) electrons. The van der Waals surface area contributed by atoms with Gasteiger partial charge < -0.3 is 20.5 Å². The second kappa shape index (κ2) is 6.95. The van der Waals surface area contributed by atoms with Gasteiger partial charge in [0, 0.05) is 24.9 Å². The summed E-state index contributed by atoms with van der Waals surface area (Å²) < 4.78 is 11.1. The van der Waals surface area contributed by atoms with E-state index in [1.54, 1.807) is 7.11 Å². The number of hydrogen-bond donors (Lipinski definition) is 2. The molecule has 0 aliphatic carbocycles. The Balaban J connectivity index is 2.09. The van der Waals surface area contributed by atoms with E-state index in [4.69, 9.17) is 15.2 Å². The molecule has 2 atom stereocenters. The summed E-state index contributed by atoms with van der Waals surface area (Å²) in [6.45, 7) is 3.59. The van der Waals surface area contributed by atoms with Crippen molar-refractivity contribution in [2.45, 2.75) is 44.2 Å². The van der Waals surface area contributed by atoms with Crippen LogP contribution in [0.1, 0.15) is 32.6 Å². The average Bonchev–Trinajstić information content (AvgIpc) is 2.48. The largest absolute Gasteiger partial charge is 0.497 e. The lowest BCUT2D eigenvalue weighted by atomic mass is 9.85. The summed E-state index contributed by atoms with van der Waals surface area (Å²) in [6, 6.07) is 8.02. The Morgan fingerprint density at radius 3 is 3.05 bits per heavy atom. The fourth-order valence-corrected chi connectivity index (χ4v) is 2.88. The number of rotatable bonds is 6. The maximum absolute atomic E-state index is 6.07. The van der Waals surface area contributed by atoms with Crippen molar-refractivity contribution >= 4 is 5.69 Å². The molecule has 1 aliphatic heterocycles. The topological polar surface area (TPSA) is 56.5 Å². The summed E-state index contributed by atoms with van der Waals surface area (Å²) in [5.41, 5.74) is 7.06. The van der Waals surface area contributed by atoms with Crippen LogP contribution in [0.2, 0.25) is 0 Å². The van der Waals surface area contributed by atoms with Crippen LogP contribution >= 0.6 is 0 Å². The summed E-state index contributed by atoms with van der Waals surface area (Å²) in [5, 5.41) is 3.62. The Hall–Kier alpha value is -1.26. The summed E-state index contributed by atoms with van der Waals surface area (Å²) in [7, 11) is 1.68. The van der Waals surface area contributed by atoms with Crippen LogP contribution < -0.4 is 15.8 Å². The number of nitrogens with two attached hydrogens (primary N) is 1. The monoisotopic (exact) mass is 278 g/mol. The van der Waals surface area contributed by atoms with Crippen LogP contribution in [0, 0.1) is 0 Å². The van der Waals surface area contributed by atoms with Gasteiger partial charge >= 0.3 is 0 Å². The summed E-state index contributed by atoms with van der Waals surface area (Å²) in [5.74, 6) is 0.860. The van der Waals surface area contributed by atoms with E-state index < -0.39 is 0 Å². The van der Waals surface area contributed by atoms with Gasteiger partial charge in [-0.2, -0.15) is 0 Å². The Kier molecular flexibility index (Phi) is 5.26. The van der Waals surface area contributed by atoms with Gasteiger partial charge in [-0.05, 0) is 31.4 Å². The molecule has 0 saturated carbocycles. The fourth-order valence-electron chi connectivity index (χ4n) is 2.88. The summed E-state index contributed by atoms with van der Waals surface area (Å²) in [6.07, 6.45) is 4.47. The van der Waals surface area contributed by atoms with E-state index in [2.05, 4.69) is 18.3 Å². The Bertz CT molecular complexity index is 423. The van der Waals surface area contributed by atoms with Crippen molar-refractivity contribution < 1.29 is 9.47 Å². The van der Waals surface area contributed by atoms with Crippen molar-refractivity contribution in [3.05, 3.63) is 24.3 Å². The number of ether oxygens (including phenoxy) is 2. The van der Waals surface area contributed by atoms with Crippen LogP contribution in [0.3, 0.4) is 0 Å². The van der Waals surface area contributed by atoms with Gasteiger partial charge in [-0.25, -0.2) is 0 Å². The minimum absolute atomic E-state index is 0.0650. The number of benzene rings is 1. The third-order valence-corrected chi connectivity index (χ3v) is 4.03. The lowest BCUT2D eigenvalue weighted by Gasteiger charge is -2.41. The molecule has 2 unspecified atom stereocenters. The third kappa shape index (κ3) is 3.64. The highest BCUT2D eigenvalue weighted by molar-refractivity contribution is 5.50. The quantitative estimate of drug-likeness (QED) is 0.840. The van der Waals surface area contributed by atoms with Gasteiger partial charge in [-0.3, -0.25) is 0 Å². The number of anilines is 1. The Morgan fingerprint density at radius 2 is 2.35 bits per heavy atom. The Labute approximate surface area is 121 Å². The molecule has 3 N–H and O–H groups in total. The molecule has 1 fully saturated rings. The van der Waals surface area contributed by atoms with Crippen LogP contribution in [0.15, 0.2) is 24.3 Å². The van der Waals surface area contributed by atoms with Gasteiger partial charge in [-0.15, -0.1) is 0 Å². The molecule has 1 saturated heterocycles. The summed E-state index contributed by atoms with van der Waals surface area (Å²) >= 11 is 0. The minimum Gasteiger partial charge on any atom is -0.497 e. The van der Waals surface area contributed by atoms with E-state index in [0.29, 0.717) is 12.6 Å². The van der Waals surface area contributed by atoms with Gasteiger partial charge in [0.05, 0.1) is 18.8 Å². The van der Waals surface area contributed by atoms with Gasteiger partial charge in [0.15, 0.2) is 0 Å². The molecule has 0 aromatic heterocycles. The molecular formula is C16H26N2O2. The molecule has 4 nitrogen and oxygen atoms in total. The highest BCUT2D eigenvalue weighted by Crippen LogP contribution is 2.31. The second-order valence-corrected chi connectivity index (χ2v) is 5.58. The molecular weight excluding hydrogens is 252 g/mol. The van der Waals surface area contributed by atoms with Crippen LogP contribution in [0.4, 0.5) is 5.69 Å². The molecule has 1 aromatic carbocycles. The van der Waals surface area contributed by atoms with Crippen molar-refractivity contribution in [2.75, 3.05) is 25.6 Å². The number of methoxy groups -OCH3 is 1. The van der Waals surface area contributed by atoms with Crippen LogP contribution in [-0.4, -0.2) is 31.9 Å². The zero-order valence-corrected chi connectivity index (χ0v) is 12.5.